The van der Waals surface area contributed by atoms with Gasteiger partial charge < -0.3 is 16.0 Å². The predicted octanol–water partition coefficient (Wildman–Crippen LogP) is 1.75. The molecule has 0 saturated carbocycles. The molecule has 0 fully saturated rings. The summed E-state index contributed by atoms with van der Waals surface area (Å²) < 4.78 is 26.3. The molecule has 4 N–H and O–H groups in total. The quantitative estimate of drug-likeness (QED) is 0.587. The number of halogens is 2. The topological polar surface area (TPSA) is 101 Å². The number of carbonyl (C=O) groups excluding carboxylic acids is 1. The number of hydrogen-bond acceptors (Lipinski definition) is 5. The van der Waals surface area contributed by atoms with Crippen LogP contribution in [0.15, 0.2) is 34.2 Å². The highest BCUT2D eigenvalue weighted by Gasteiger charge is 2.17. The highest BCUT2D eigenvalue weighted by Crippen LogP contribution is 2.21. The molecule has 0 aliphatic carbocycles. The molecule has 1 atom stereocenters. The van der Waals surface area contributed by atoms with Crippen LogP contribution in [0.3, 0.4) is 0 Å². The molecule has 1 unspecified atom stereocenters. The Kier molecular flexibility index (Phi) is 4.76. The van der Waals surface area contributed by atoms with Crippen LogP contribution in [-0.2, 0) is 4.79 Å². The van der Waals surface area contributed by atoms with Crippen LogP contribution in [0, 0.1) is 11.6 Å². The molecule has 1 aromatic heterocycles. The standard InChI is InChI=1S/C13H12F2N4O2S/c1-6(22-13-18-10(16)5-11(20)19-13)12(21)17-9-3-2-7(14)4-8(9)15/h2-6H,1H3,(H,17,21)(H3,16,18,19,20). The summed E-state index contributed by atoms with van der Waals surface area (Å²) in [6.45, 7) is 1.55. The fraction of sp³-hybridized carbons (Fsp3) is 0.154. The number of anilines is 2. The van der Waals surface area contributed by atoms with Crippen LogP contribution in [0.1, 0.15) is 6.92 Å². The van der Waals surface area contributed by atoms with Crippen molar-refractivity contribution in [3.05, 3.63) is 46.3 Å². The van der Waals surface area contributed by atoms with E-state index in [2.05, 4.69) is 15.3 Å². The van der Waals surface area contributed by atoms with Crippen molar-refractivity contribution >= 4 is 29.2 Å². The van der Waals surface area contributed by atoms with Crippen molar-refractivity contribution < 1.29 is 13.6 Å². The summed E-state index contributed by atoms with van der Waals surface area (Å²) >= 11 is 0.953. The fourth-order valence-corrected chi connectivity index (χ4v) is 2.37. The summed E-state index contributed by atoms with van der Waals surface area (Å²) in [5.74, 6) is -2.11. The Balaban J connectivity index is 2.07. The number of nitrogens with zero attached hydrogens (tertiary/aromatic N) is 1. The first-order valence-electron chi connectivity index (χ1n) is 6.14. The van der Waals surface area contributed by atoms with E-state index >= 15 is 0 Å². The monoisotopic (exact) mass is 326 g/mol. The molecule has 6 nitrogen and oxygen atoms in total. The Morgan fingerprint density at radius 1 is 1.41 bits per heavy atom. The van der Waals surface area contributed by atoms with Crippen LogP contribution in [0.5, 0.6) is 0 Å². The lowest BCUT2D eigenvalue weighted by Gasteiger charge is -2.12. The third kappa shape index (κ3) is 4.04. The second-order valence-corrected chi connectivity index (χ2v) is 5.68. The van der Waals surface area contributed by atoms with Crippen LogP contribution in [0.4, 0.5) is 20.3 Å². The Labute approximate surface area is 128 Å². The maximum atomic E-state index is 13.5. The summed E-state index contributed by atoms with van der Waals surface area (Å²) in [4.78, 5) is 29.5. The lowest BCUT2D eigenvalue weighted by atomic mass is 10.3. The zero-order chi connectivity index (χ0) is 16.3. The summed E-state index contributed by atoms with van der Waals surface area (Å²) in [6, 6.07) is 3.95. The number of carbonyl (C=O) groups is 1. The van der Waals surface area contributed by atoms with Crippen LogP contribution >= 0.6 is 11.8 Å². The molecular formula is C13H12F2N4O2S. The molecule has 22 heavy (non-hydrogen) atoms. The summed E-state index contributed by atoms with van der Waals surface area (Å²) in [5.41, 5.74) is 4.87. The van der Waals surface area contributed by atoms with E-state index in [0.29, 0.717) is 6.07 Å². The molecule has 1 amide bonds. The normalized spacial score (nSPS) is 12.0. The van der Waals surface area contributed by atoms with E-state index in [1.54, 1.807) is 6.92 Å². The van der Waals surface area contributed by atoms with Gasteiger partial charge in [-0.05, 0) is 19.1 Å². The molecule has 0 aliphatic heterocycles. The third-order valence-electron chi connectivity index (χ3n) is 2.59. The van der Waals surface area contributed by atoms with Crippen molar-refractivity contribution in [3.8, 4) is 0 Å². The van der Waals surface area contributed by atoms with Crippen LogP contribution in [0.2, 0.25) is 0 Å². The number of aromatic amines is 1. The number of thioether (sulfide) groups is 1. The van der Waals surface area contributed by atoms with Gasteiger partial charge in [0.25, 0.3) is 5.56 Å². The first-order valence-corrected chi connectivity index (χ1v) is 7.02. The number of H-pyrrole nitrogens is 1. The minimum atomic E-state index is -0.874. The molecule has 0 saturated heterocycles. The average molecular weight is 326 g/mol. The molecule has 1 heterocycles. The molecule has 116 valence electrons. The van der Waals surface area contributed by atoms with Crippen molar-refractivity contribution in [2.45, 2.75) is 17.3 Å². The van der Waals surface area contributed by atoms with Crippen molar-refractivity contribution in [1.82, 2.24) is 9.97 Å². The van der Waals surface area contributed by atoms with Crippen molar-refractivity contribution in [2.75, 3.05) is 11.1 Å². The molecule has 0 bridgehead atoms. The number of aromatic nitrogens is 2. The lowest BCUT2D eigenvalue weighted by Crippen LogP contribution is -2.24. The minimum Gasteiger partial charge on any atom is -0.383 e. The van der Waals surface area contributed by atoms with Gasteiger partial charge in [0.2, 0.25) is 5.91 Å². The van der Waals surface area contributed by atoms with Crippen molar-refractivity contribution in [1.29, 1.82) is 0 Å². The maximum Gasteiger partial charge on any atom is 0.253 e. The first kappa shape index (κ1) is 16.0. The Morgan fingerprint density at radius 3 is 2.77 bits per heavy atom. The van der Waals surface area contributed by atoms with E-state index in [1.165, 1.54) is 0 Å². The van der Waals surface area contributed by atoms with Gasteiger partial charge in [-0.25, -0.2) is 13.8 Å². The number of nitrogens with one attached hydrogen (secondary N) is 2. The van der Waals surface area contributed by atoms with E-state index in [-0.39, 0.29) is 16.7 Å². The SMILES string of the molecule is CC(Sc1nc(N)cc(=O)[nH]1)C(=O)Nc1ccc(F)cc1F. The zero-order valence-electron chi connectivity index (χ0n) is 11.4. The molecule has 2 aromatic rings. The second-order valence-electron chi connectivity index (χ2n) is 4.35. The van der Waals surface area contributed by atoms with E-state index < -0.39 is 28.4 Å². The second kappa shape index (κ2) is 6.56. The minimum absolute atomic E-state index is 0.0310. The zero-order valence-corrected chi connectivity index (χ0v) is 12.2. The van der Waals surface area contributed by atoms with Crippen molar-refractivity contribution in [3.63, 3.8) is 0 Å². The highest BCUT2D eigenvalue weighted by atomic mass is 32.2. The maximum absolute atomic E-state index is 13.5. The van der Waals surface area contributed by atoms with E-state index in [0.717, 1.165) is 30.0 Å². The number of rotatable bonds is 4. The average Bonchev–Trinajstić information content (AvgIpc) is 2.40. The van der Waals surface area contributed by atoms with Gasteiger partial charge in [-0.3, -0.25) is 9.59 Å². The first-order chi connectivity index (χ1) is 10.3. The lowest BCUT2D eigenvalue weighted by molar-refractivity contribution is -0.115. The number of nitrogens with two attached hydrogens (primary N) is 1. The Hall–Kier alpha value is -2.42. The van der Waals surface area contributed by atoms with Gasteiger partial charge in [0.15, 0.2) is 5.16 Å². The van der Waals surface area contributed by atoms with Crippen LogP contribution in [-0.4, -0.2) is 21.1 Å². The molecule has 0 spiro atoms. The smallest absolute Gasteiger partial charge is 0.253 e. The molecule has 0 radical (unpaired) electrons. The van der Waals surface area contributed by atoms with E-state index in [9.17, 15) is 18.4 Å². The number of nitrogen functional groups attached to an aromatic ring is 1. The molecule has 0 aliphatic rings. The van der Waals surface area contributed by atoms with Gasteiger partial charge in [-0.2, -0.15) is 0 Å². The van der Waals surface area contributed by atoms with Crippen LogP contribution in [0.25, 0.3) is 0 Å². The highest BCUT2D eigenvalue weighted by molar-refractivity contribution is 8.00. The van der Waals surface area contributed by atoms with Crippen molar-refractivity contribution in [2.24, 2.45) is 0 Å². The van der Waals surface area contributed by atoms with Crippen LogP contribution < -0.4 is 16.6 Å². The number of hydrogen-bond donors (Lipinski definition) is 3. The Morgan fingerprint density at radius 2 is 2.14 bits per heavy atom. The van der Waals surface area contributed by atoms with Gasteiger partial charge in [-0.1, -0.05) is 11.8 Å². The van der Waals surface area contributed by atoms with E-state index in [4.69, 9.17) is 5.73 Å². The molecule has 9 heteroatoms. The summed E-state index contributed by atoms with van der Waals surface area (Å²) in [5, 5.41) is 1.82. The predicted molar refractivity (Wildman–Crippen MR) is 79.6 cm³/mol. The van der Waals surface area contributed by atoms with Gasteiger partial charge >= 0.3 is 0 Å². The fourth-order valence-electron chi connectivity index (χ4n) is 1.56. The van der Waals surface area contributed by atoms with Gasteiger partial charge in [-0.15, -0.1) is 0 Å². The summed E-state index contributed by atoms with van der Waals surface area (Å²) in [7, 11) is 0. The van der Waals surface area contributed by atoms with E-state index in [1.807, 2.05) is 0 Å². The largest absolute Gasteiger partial charge is 0.383 e. The number of amides is 1. The molecule has 2 rings (SSSR count). The Bertz CT molecular complexity index is 766. The molecule has 1 aromatic carbocycles. The van der Waals surface area contributed by atoms with Gasteiger partial charge in [0.1, 0.15) is 17.5 Å². The summed E-state index contributed by atoms with van der Waals surface area (Å²) in [6.07, 6.45) is 0. The molecular weight excluding hydrogens is 314 g/mol. The number of benzene rings is 1. The third-order valence-corrected chi connectivity index (χ3v) is 3.57. The van der Waals surface area contributed by atoms with Gasteiger partial charge in [0, 0.05) is 12.1 Å². The van der Waals surface area contributed by atoms with Gasteiger partial charge in [0.05, 0.1) is 10.9 Å².